The summed E-state index contributed by atoms with van der Waals surface area (Å²) in [5, 5.41) is 7.85. The predicted molar refractivity (Wildman–Crippen MR) is 80.7 cm³/mol. The molecule has 0 spiro atoms. The van der Waals surface area contributed by atoms with Crippen LogP contribution in [0.2, 0.25) is 0 Å². The highest BCUT2D eigenvalue weighted by atomic mass is 35.5. The molecule has 0 aromatic carbocycles. The number of furan rings is 1. The van der Waals surface area contributed by atoms with E-state index in [9.17, 15) is 0 Å². The molecule has 9 heteroatoms. The van der Waals surface area contributed by atoms with Crippen LogP contribution in [0, 0.1) is 0 Å². The summed E-state index contributed by atoms with van der Waals surface area (Å²) in [6.45, 7) is 0. The van der Waals surface area contributed by atoms with Gasteiger partial charge >= 0.3 is 0 Å². The van der Waals surface area contributed by atoms with Crippen molar-refractivity contribution >= 4 is 12.4 Å². The minimum Gasteiger partial charge on any atom is -0.461 e. The van der Waals surface area contributed by atoms with Gasteiger partial charge in [0.15, 0.2) is 11.6 Å². The summed E-state index contributed by atoms with van der Waals surface area (Å²) in [5.74, 6) is 2.63. The fourth-order valence-electron chi connectivity index (χ4n) is 2.42. The maximum atomic E-state index is 6.17. The zero-order valence-electron chi connectivity index (χ0n) is 12.3. The van der Waals surface area contributed by atoms with Gasteiger partial charge in [0.05, 0.1) is 11.8 Å². The standard InChI is InChI=1S/C14H15N5O3.ClH/c15-14(6-2-7-14)13-17-11(22-19-13)5-4-10-16-12(18-21-10)9-3-1-8-20-9;/h1,3,8H,2,4-7,15H2;1H. The highest BCUT2D eigenvalue weighted by Gasteiger charge is 2.38. The summed E-state index contributed by atoms with van der Waals surface area (Å²) in [6, 6.07) is 3.55. The van der Waals surface area contributed by atoms with Crippen molar-refractivity contribution < 1.29 is 13.5 Å². The zero-order valence-corrected chi connectivity index (χ0v) is 13.1. The minimum atomic E-state index is -0.404. The largest absolute Gasteiger partial charge is 0.461 e. The van der Waals surface area contributed by atoms with Gasteiger partial charge < -0.3 is 19.2 Å². The smallest absolute Gasteiger partial charge is 0.238 e. The molecule has 4 rings (SSSR count). The molecular weight excluding hydrogens is 322 g/mol. The highest BCUT2D eigenvalue weighted by molar-refractivity contribution is 5.85. The van der Waals surface area contributed by atoms with E-state index < -0.39 is 5.54 Å². The fourth-order valence-corrected chi connectivity index (χ4v) is 2.42. The Kier molecular flexibility index (Phi) is 4.18. The molecule has 0 unspecified atom stereocenters. The third-order valence-corrected chi connectivity index (χ3v) is 3.92. The maximum Gasteiger partial charge on any atom is 0.238 e. The normalized spacial score (nSPS) is 15.9. The van der Waals surface area contributed by atoms with E-state index >= 15 is 0 Å². The van der Waals surface area contributed by atoms with Gasteiger partial charge in [-0.3, -0.25) is 0 Å². The molecule has 1 aliphatic rings. The van der Waals surface area contributed by atoms with E-state index in [1.165, 1.54) is 0 Å². The van der Waals surface area contributed by atoms with Crippen molar-refractivity contribution in [2.75, 3.05) is 0 Å². The number of nitrogens with two attached hydrogens (primary N) is 1. The third-order valence-electron chi connectivity index (χ3n) is 3.92. The first kappa shape index (κ1) is 15.7. The van der Waals surface area contributed by atoms with Gasteiger partial charge in [0.25, 0.3) is 0 Å². The Bertz CT molecular complexity index is 763. The van der Waals surface area contributed by atoms with Crippen LogP contribution in [0.4, 0.5) is 0 Å². The van der Waals surface area contributed by atoms with Crippen molar-refractivity contribution in [3.05, 3.63) is 36.0 Å². The Morgan fingerprint density at radius 3 is 2.48 bits per heavy atom. The predicted octanol–water partition coefficient (Wildman–Crippen LogP) is 2.26. The maximum absolute atomic E-state index is 6.17. The average molecular weight is 338 g/mol. The zero-order chi connectivity index (χ0) is 15.0. The second-order valence-electron chi connectivity index (χ2n) is 5.51. The van der Waals surface area contributed by atoms with E-state index in [1.54, 1.807) is 18.4 Å². The van der Waals surface area contributed by atoms with Crippen LogP contribution in [-0.2, 0) is 18.4 Å². The Morgan fingerprint density at radius 1 is 1.09 bits per heavy atom. The van der Waals surface area contributed by atoms with Crippen molar-refractivity contribution in [2.24, 2.45) is 5.73 Å². The first-order valence-corrected chi connectivity index (χ1v) is 7.21. The van der Waals surface area contributed by atoms with E-state index in [2.05, 4.69) is 20.3 Å². The molecule has 1 fully saturated rings. The number of hydrogen-bond donors (Lipinski definition) is 1. The Morgan fingerprint density at radius 2 is 1.83 bits per heavy atom. The number of halogens is 1. The molecule has 1 aliphatic carbocycles. The second kappa shape index (κ2) is 6.13. The molecule has 3 aromatic rings. The number of hydrogen-bond acceptors (Lipinski definition) is 8. The molecule has 0 amide bonds. The molecule has 0 radical (unpaired) electrons. The summed E-state index contributed by atoms with van der Waals surface area (Å²) in [7, 11) is 0. The van der Waals surface area contributed by atoms with Crippen LogP contribution < -0.4 is 5.73 Å². The van der Waals surface area contributed by atoms with Crippen molar-refractivity contribution in [3.63, 3.8) is 0 Å². The van der Waals surface area contributed by atoms with E-state index in [1.807, 2.05) is 0 Å². The quantitative estimate of drug-likeness (QED) is 0.753. The minimum absolute atomic E-state index is 0. The summed E-state index contributed by atoms with van der Waals surface area (Å²) >= 11 is 0. The van der Waals surface area contributed by atoms with Gasteiger partial charge in [0.2, 0.25) is 17.6 Å². The van der Waals surface area contributed by atoms with Crippen LogP contribution in [0.3, 0.4) is 0 Å². The molecule has 1 saturated carbocycles. The van der Waals surface area contributed by atoms with Gasteiger partial charge in [0, 0.05) is 12.8 Å². The van der Waals surface area contributed by atoms with Crippen LogP contribution in [0.15, 0.2) is 31.9 Å². The van der Waals surface area contributed by atoms with Gasteiger partial charge in [-0.1, -0.05) is 10.3 Å². The topological polar surface area (TPSA) is 117 Å². The van der Waals surface area contributed by atoms with Crippen molar-refractivity contribution in [1.29, 1.82) is 0 Å². The summed E-state index contributed by atoms with van der Waals surface area (Å²) in [5.41, 5.74) is 5.76. The monoisotopic (exact) mass is 337 g/mol. The van der Waals surface area contributed by atoms with E-state index in [0.717, 1.165) is 19.3 Å². The number of nitrogens with zero attached hydrogens (tertiary/aromatic N) is 4. The molecule has 3 aromatic heterocycles. The lowest BCUT2D eigenvalue weighted by molar-refractivity contribution is 0.229. The summed E-state index contributed by atoms with van der Waals surface area (Å²) < 4.78 is 15.6. The van der Waals surface area contributed by atoms with E-state index in [4.69, 9.17) is 19.2 Å². The first-order valence-electron chi connectivity index (χ1n) is 7.21. The van der Waals surface area contributed by atoms with Gasteiger partial charge in [-0.25, -0.2) is 0 Å². The molecule has 122 valence electrons. The number of aryl methyl sites for hydroxylation is 2. The lowest BCUT2D eigenvalue weighted by atomic mass is 9.77. The van der Waals surface area contributed by atoms with E-state index in [0.29, 0.717) is 42.0 Å². The Hall–Kier alpha value is -2.19. The van der Waals surface area contributed by atoms with Gasteiger partial charge in [-0.05, 0) is 31.4 Å². The van der Waals surface area contributed by atoms with Crippen molar-refractivity contribution in [2.45, 2.75) is 37.6 Å². The molecular formula is C14H16ClN5O3. The number of aromatic nitrogens is 4. The number of rotatable bonds is 5. The van der Waals surface area contributed by atoms with E-state index in [-0.39, 0.29) is 12.4 Å². The first-order chi connectivity index (χ1) is 10.7. The summed E-state index contributed by atoms with van der Waals surface area (Å²) in [4.78, 5) is 8.63. The van der Waals surface area contributed by atoms with Gasteiger partial charge in [-0.2, -0.15) is 9.97 Å². The van der Waals surface area contributed by atoms with Crippen LogP contribution >= 0.6 is 12.4 Å². The Labute approximate surface area is 137 Å². The molecule has 0 bridgehead atoms. The molecule has 3 heterocycles. The third kappa shape index (κ3) is 2.99. The molecule has 23 heavy (non-hydrogen) atoms. The second-order valence-corrected chi connectivity index (χ2v) is 5.51. The van der Waals surface area contributed by atoms with Crippen LogP contribution in [0.25, 0.3) is 11.6 Å². The Balaban J connectivity index is 0.00000156. The van der Waals surface area contributed by atoms with Gasteiger partial charge in [-0.15, -0.1) is 12.4 Å². The highest BCUT2D eigenvalue weighted by Crippen LogP contribution is 2.36. The SMILES string of the molecule is Cl.NC1(c2noc(CCc3nc(-c4ccco4)no3)n2)CCC1. The van der Waals surface area contributed by atoms with Crippen LogP contribution in [0.5, 0.6) is 0 Å². The fraction of sp³-hybridized carbons (Fsp3) is 0.429. The van der Waals surface area contributed by atoms with Gasteiger partial charge in [0.1, 0.15) is 0 Å². The lowest BCUT2D eigenvalue weighted by Crippen LogP contribution is -2.44. The van der Waals surface area contributed by atoms with Crippen molar-refractivity contribution in [1.82, 2.24) is 20.3 Å². The van der Waals surface area contributed by atoms with Crippen molar-refractivity contribution in [3.8, 4) is 11.6 Å². The average Bonchev–Trinajstić information content (AvgIpc) is 3.21. The molecule has 2 N–H and O–H groups in total. The summed E-state index contributed by atoms with van der Waals surface area (Å²) in [6.07, 6.45) is 5.53. The molecule has 8 nitrogen and oxygen atoms in total. The molecule has 0 saturated heterocycles. The lowest BCUT2D eigenvalue weighted by Gasteiger charge is -2.34. The molecule has 0 atom stereocenters. The van der Waals surface area contributed by atoms with Crippen LogP contribution in [-0.4, -0.2) is 20.3 Å². The molecule has 0 aliphatic heterocycles. The van der Waals surface area contributed by atoms with Crippen LogP contribution in [0.1, 0.15) is 36.9 Å².